The Morgan fingerprint density at radius 2 is 2.10 bits per heavy atom. The molecule has 2 amide bonds. The van der Waals surface area contributed by atoms with E-state index in [0.29, 0.717) is 18.8 Å². The van der Waals surface area contributed by atoms with Gasteiger partial charge in [-0.2, -0.15) is 0 Å². The van der Waals surface area contributed by atoms with Crippen LogP contribution in [0.1, 0.15) is 34.6 Å². The summed E-state index contributed by atoms with van der Waals surface area (Å²) in [6.07, 6.45) is 7.91. The quantitative estimate of drug-likeness (QED) is 0.819. The van der Waals surface area contributed by atoms with Crippen LogP contribution in [0.4, 0.5) is 4.79 Å². The Balaban J connectivity index is 1.76. The molecule has 1 aromatic rings. The second-order valence-corrected chi connectivity index (χ2v) is 7.88. The summed E-state index contributed by atoms with van der Waals surface area (Å²) in [6.45, 7) is 1.04. The first-order valence-corrected chi connectivity index (χ1v) is 9.61. The number of aryl methyl sites for hydroxylation is 2. The van der Waals surface area contributed by atoms with Crippen molar-refractivity contribution in [1.82, 2.24) is 10.6 Å². The Morgan fingerprint density at radius 1 is 1.30 bits per heavy atom. The Hall–Kier alpha value is -0.880. The Labute approximate surface area is 126 Å². The molecule has 0 aliphatic heterocycles. The molecule has 1 aromatic heterocycles. The van der Waals surface area contributed by atoms with Gasteiger partial charge in [0.15, 0.2) is 0 Å². The predicted octanol–water partition coefficient (Wildman–Crippen LogP) is 2.19. The molecular weight excluding hydrogens is 292 g/mol. The van der Waals surface area contributed by atoms with E-state index in [2.05, 4.69) is 16.7 Å². The Bertz CT molecular complexity index is 462. The molecule has 0 saturated heterocycles. The van der Waals surface area contributed by atoms with E-state index in [1.807, 2.05) is 11.3 Å². The average Bonchev–Trinajstić information content (AvgIpc) is 2.66. The largest absolute Gasteiger partial charge is 0.337 e. The van der Waals surface area contributed by atoms with Gasteiger partial charge in [0.2, 0.25) is 0 Å². The van der Waals surface area contributed by atoms with Gasteiger partial charge in [0.1, 0.15) is 0 Å². The smallest absolute Gasteiger partial charge is 0.315 e. The molecule has 112 valence electrons. The van der Waals surface area contributed by atoms with Gasteiger partial charge in [-0.1, -0.05) is 6.42 Å². The third kappa shape index (κ3) is 4.90. The van der Waals surface area contributed by atoms with Crippen molar-refractivity contribution < 1.29 is 9.00 Å². The average molecular weight is 314 g/mol. The molecule has 0 unspecified atom stereocenters. The lowest BCUT2D eigenvalue weighted by molar-refractivity contribution is 0.241. The maximum absolute atomic E-state index is 11.6. The van der Waals surface area contributed by atoms with Crippen molar-refractivity contribution in [2.75, 3.05) is 18.6 Å². The molecular formula is C14H22N2O2S2. The molecule has 0 radical (unpaired) electrons. The van der Waals surface area contributed by atoms with E-state index in [0.717, 1.165) is 0 Å². The zero-order valence-electron chi connectivity index (χ0n) is 11.9. The van der Waals surface area contributed by atoms with Crippen LogP contribution in [0, 0.1) is 0 Å². The van der Waals surface area contributed by atoms with Gasteiger partial charge in [-0.3, -0.25) is 4.21 Å². The van der Waals surface area contributed by atoms with Gasteiger partial charge < -0.3 is 10.6 Å². The highest BCUT2D eigenvalue weighted by Crippen LogP contribution is 2.28. The van der Waals surface area contributed by atoms with Crippen molar-refractivity contribution in [2.24, 2.45) is 0 Å². The molecule has 0 fully saturated rings. The van der Waals surface area contributed by atoms with Crippen LogP contribution < -0.4 is 10.6 Å². The first-order valence-electron chi connectivity index (χ1n) is 7.07. The third-order valence-corrected chi connectivity index (χ3v) is 5.41. The van der Waals surface area contributed by atoms with Gasteiger partial charge in [0.25, 0.3) is 0 Å². The van der Waals surface area contributed by atoms with Gasteiger partial charge >= 0.3 is 6.03 Å². The van der Waals surface area contributed by atoms with Crippen LogP contribution in [0.2, 0.25) is 0 Å². The van der Waals surface area contributed by atoms with Crippen LogP contribution in [-0.4, -0.2) is 28.8 Å². The molecule has 6 heteroatoms. The number of amides is 2. The van der Waals surface area contributed by atoms with E-state index >= 15 is 0 Å². The Kier molecular flexibility index (Phi) is 6.04. The molecule has 2 N–H and O–H groups in total. The van der Waals surface area contributed by atoms with Crippen LogP contribution in [0.25, 0.3) is 0 Å². The number of hydrogen-bond acceptors (Lipinski definition) is 3. The molecule has 0 spiro atoms. The topological polar surface area (TPSA) is 58.2 Å². The minimum absolute atomic E-state index is 0.181. The number of hydrogen-bond donors (Lipinski definition) is 2. The van der Waals surface area contributed by atoms with E-state index in [-0.39, 0.29) is 6.03 Å². The first kappa shape index (κ1) is 15.5. The summed E-state index contributed by atoms with van der Waals surface area (Å²) < 4.78 is 10.9. The molecule has 0 aromatic carbocycles. The number of carbonyl (C=O) groups excluding carboxylic acids is 1. The lowest BCUT2D eigenvalue weighted by Gasteiger charge is -2.05. The van der Waals surface area contributed by atoms with Crippen molar-refractivity contribution >= 4 is 28.2 Å². The van der Waals surface area contributed by atoms with Crippen LogP contribution in [0.3, 0.4) is 0 Å². The minimum atomic E-state index is -0.859. The summed E-state index contributed by atoms with van der Waals surface area (Å²) >= 11 is 1.83. The SMILES string of the molecule is C[S@@](=O)CCNC(=O)NCc1cc2c(s1)CCCCC2. The molecule has 2 rings (SSSR count). The zero-order valence-corrected chi connectivity index (χ0v) is 13.5. The van der Waals surface area contributed by atoms with E-state index in [1.54, 1.807) is 6.26 Å². The number of thiophene rings is 1. The molecule has 1 heterocycles. The molecule has 20 heavy (non-hydrogen) atoms. The highest BCUT2D eigenvalue weighted by atomic mass is 32.2. The lowest BCUT2D eigenvalue weighted by Crippen LogP contribution is -2.36. The van der Waals surface area contributed by atoms with E-state index in [4.69, 9.17) is 0 Å². The minimum Gasteiger partial charge on any atom is -0.337 e. The van der Waals surface area contributed by atoms with Crippen molar-refractivity contribution in [2.45, 2.75) is 38.6 Å². The maximum atomic E-state index is 11.6. The van der Waals surface area contributed by atoms with Crippen LogP contribution in [0.5, 0.6) is 0 Å². The number of rotatable bonds is 5. The predicted molar refractivity (Wildman–Crippen MR) is 84.7 cm³/mol. The van der Waals surface area contributed by atoms with Crippen molar-refractivity contribution in [3.8, 4) is 0 Å². The fourth-order valence-electron chi connectivity index (χ4n) is 2.35. The third-order valence-electron chi connectivity index (χ3n) is 3.40. The van der Waals surface area contributed by atoms with Gasteiger partial charge in [0, 0.05) is 39.1 Å². The normalized spacial score (nSPS) is 16.1. The molecule has 1 atom stereocenters. The van der Waals surface area contributed by atoms with Gasteiger partial charge in [-0.05, 0) is 37.3 Å². The van der Waals surface area contributed by atoms with E-state index < -0.39 is 10.8 Å². The van der Waals surface area contributed by atoms with Crippen LogP contribution >= 0.6 is 11.3 Å². The van der Waals surface area contributed by atoms with E-state index in [9.17, 15) is 9.00 Å². The number of nitrogens with one attached hydrogen (secondary N) is 2. The van der Waals surface area contributed by atoms with Crippen molar-refractivity contribution in [3.63, 3.8) is 0 Å². The molecule has 0 saturated carbocycles. The lowest BCUT2D eigenvalue weighted by atomic mass is 10.1. The van der Waals surface area contributed by atoms with Crippen LogP contribution in [-0.2, 0) is 30.2 Å². The first-order chi connectivity index (χ1) is 9.65. The second kappa shape index (κ2) is 7.78. The summed E-state index contributed by atoms with van der Waals surface area (Å²) in [5, 5.41) is 5.58. The molecule has 1 aliphatic carbocycles. The summed E-state index contributed by atoms with van der Waals surface area (Å²) in [5.41, 5.74) is 1.48. The summed E-state index contributed by atoms with van der Waals surface area (Å²) in [7, 11) is -0.859. The summed E-state index contributed by atoms with van der Waals surface area (Å²) in [6, 6.07) is 2.06. The number of fused-ring (bicyclic) bond motifs is 1. The van der Waals surface area contributed by atoms with E-state index in [1.165, 1.54) is 47.4 Å². The van der Waals surface area contributed by atoms with Crippen molar-refractivity contribution in [3.05, 3.63) is 21.4 Å². The fraction of sp³-hybridized carbons (Fsp3) is 0.643. The monoisotopic (exact) mass is 314 g/mol. The standard InChI is InChI=1S/C14H22N2O2S2/c1-20(18)8-7-15-14(17)16-10-12-9-11-5-3-2-4-6-13(11)19-12/h9H,2-8,10H2,1H3,(H2,15,16,17)/t20-/m1/s1. The molecule has 1 aliphatic rings. The number of urea groups is 1. The zero-order chi connectivity index (χ0) is 14.4. The highest BCUT2D eigenvalue weighted by molar-refractivity contribution is 7.84. The fourth-order valence-corrected chi connectivity index (χ4v) is 3.94. The summed E-state index contributed by atoms with van der Waals surface area (Å²) in [4.78, 5) is 14.3. The van der Waals surface area contributed by atoms with Crippen LogP contribution in [0.15, 0.2) is 6.07 Å². The van der Waals surface area contributed by atoms with Crippen molar-refractivity contribution in [1.29, 1.82) is 0 Å². The Morgan fingerprint density at radius 3 is 2.90 bits per heavy atom. The van der Waals surface area contributed by atoms with Gasteiger partial charge in [0.05, 0.1) is 6.54 Å². The number of carbonyl (C=O) groups is 1. The second-order valence-electron chi connectivity index (χ2n) is 5.11. The molecule has 4 nitrogen and oxygen atoms in total. The van der Waals surface area contributed by atoms with Gasteiger partial charge in [-0.15, -0.1) is 11.3 Å². The van der Waals surface area contributed by atoms with Gasteiger partial charge in [-0.25, -0.2) is 4.79 Å². The maximum Gasteiger partial charge on any atom is 0.315 e. The molecule has 0 bridgehead atoms. The highest BCUT2D eigenvalue weighted by Gasteiger charge is 2.12. The summed E-state index contributed by atoms with van der Waals surface area (Å²) in [5.74, 6) is 0.501.